The number of rotatable bonds is 7. The Morgan fingerprint density at radius 2 is 1.60 bits per heavy atom. The summed E-state index contributed by atoms with van der Waals surface area (Å²) in [7, 11) is 4.61. The van der Waals surface area contributed by atoms with Gasteiger partial charge in [-0.15, -0.1) is 6.58 Å². The number of hydrogen-bond acceptors (Lipinski definition) is 12. The Labute approximate surface area is 339 Å². The van der Waals surface area contributed by atoms with Crippen LogP contribution in [0.15, 0.2) is 36.0 Å². The molecule has 2 bridgehead atoms. The van der Waals surface area contributed by atoms with Crippen molar-refractivity contribution in [3.05, 3.63) is 36.0 Å². The molecule has 57 heavy (non-hydrogen) atoms. The number of allylic oxidation sites excluding steroid dienone is 4. The van der Waals surface area contributed by atoms with Crippen molar-refractivity contribution in [2.45, 2.75) is 160 Å². The van der Waals surface area contributed by atoms with E-state index in [-0.39, 0.29) is 49.5 Å². The standard InChI is InChI=1S/C44H69NO12/c1-10-13-31-19-25(2)18-26(3)20-37(54-8)40-38(55-9)22-28(5)44(52,57-40)41(49)42(50)45-17-12-11-14-32(45)43(51)56-39(29(6)34(47)24-35(31)48)27(4)21-30-15-16-33(46)36(23-30)53-7/h10,19,21,26,28-34,36-40,46-47,52H,1,11-18,20,22-24H2,2-9H3/b25-19?,27-21+/t26-,28+,29+,30-,31+,32-,33?,34-,36?,37-,38-,39+,40+,44+/m0/s1. The number of cyclic esters (lactones) is 1. The maximum Gasteiger partial charge on any atom is 0.329 e. The molecule has 3 N–H and O–H groups in total. The third-order valence-electron chi connectivity index (χ3n) is 12.9. The summed E-state index contributed by atoms with van der Waals surface area (Å²) in [5.74, 6) is -7.76. The molecule has 13 nitrogen and oxygen atoms in total. The van der Waals surface area contributed by atoms with E-state index in [1.54, 1.807) is 27.0 Å². The lowest BCUT2D eigenvalue weighted by Crippen LogP contribution is -2.64. The minimum Gasteiger partial charge on any atom is -0.456 e. The molecule has 0 spiro atoms. The summed E-state index contributed by atoms with van der Waals surface area (Å²) in [5, 5.41) is 34.1. The second-order valence-corrected chi connectivity index (χ2v) is 17.3. The van der Waals surface area contributed by atoms with Crippen LogP contribution in [0.4, 0.5) is 0 Å². The third kappa shape index (κ3) is 11.3. The number of carbonyl (C=O) groups is 4. The number of methoxy groups -OCH3 is 3. The SMILES string of the molecule is C=CC[C@@H]1C=C(C)C[C@H](C)C[C@H](OC)[C@H]2O[C@@](O)(C(=O)C(=O)N3CCCC[C@H]3C(=O)O[C@H](/C(C)=C/[C@@H]3CCC(O)C(OC)C3)[C@H](C)[C@@H](O)CC1=O)[C@H](C)C[C@@H]2OC. The van der Waals surface area contributed by atoms with Gasteiger partial charge < -0.3 is 43.9 Å². The van der Waals surface area contributed by atoms with Crippen LogP contribution in [0.3, 0.4) is 0 Å². The summed E-state index contributed by atoms with van der Waals surface area (Å²) in [6.07, 6.45) is 4.93. The topological polar surface area (TPSA) is 178 Å². The van der Waals surface area contributed by atoms with Crippen LogP contribution in [0.5, 0.6) is 0 Å². The zero-order chi connectivity index (χ0) is 42.2. The lowest BCUT2D eigenvalue weighted by molar-refractivity contribution is -0.302. The zero-order valence-electron chi connectivity index (χ0n) is 35.4. The van der Waals surface area contributed by atoms with Crippen LogP contribution in [0, 0.1) is 29.6 Å². The summed E-state index contributed by atoms with van der Waals surface area (Å²) in [5.41, 5.74) is 1.61. The molecule has 2 saturated heterocycles. The highest BCUT2D eigenvalue weighted by Crippen LogP contribution is 2.39. The Bertz CT molecular complexity index is 1480. The van der Waals surface area contributed by atoms with Gasteiger partial charge in [-0.2, -0.15) is 0 Å². The number of aliphatic hydroxyl groups is 3. The highest BCUT2D eigenvalue weighted by atomic mass is 16.7. The van der Waals surface area contributed by atoms with E-state index in [1.807, 2.05) is 32.9 Å². The van der Waals surface area contributed by atoms with Gasteiger partial charge in [0.1, 0.15) is 24.0 Å². The number of ketones is 2. The van der Waals surface area contributed by atoms with Gasteiger partial charge in [0.2, 0.25) is 5.79 Å². The highest BCUT2D eigenvalue weighted by Gasteiger charge is 2.56. The molecule has 1 aliphatic carbocycles. The fraction of sp³-hybridized carbons (Fsp3) is 0.773. The van der Waals surface area contributed by atoms with Gasteiger partial charge in [0.05, 0.1) is 30.5 Å². The van der Waals surface area contributed by atoms with E-state index >= 15 is 0 Å². The molecular weight excluding hydrogens is 734 g/mol. The number of piperidine rings is 1. The monoisotopic (exact) mass is 803 g/mol. The van der Waals surface area contributed by atoms with Gasteiger partial charge in [0.25, 0.3) is 11.7 Å². The molecule has 1 amide bonds. The van der Waals surface area contributed by atoms with E-state index in [0.717, 1.165) is 5.57 Å². The number of amides is 1. The molecule has 1 saturated carbocycles. The van der Waals surface area contributed by atoms with Crippen LogP contribution in [0.25, 0.3) is 0 Å². The minimum absolute atomic E-state index is 0.00988. The van der Waals surface area contributed by atoms with Crippen molar-refractivity contribution in [3.8, 4) is 0 Å². The molecule has 4 aliphatic rings. The highest BCUT2D eigenvalue weighted by molar-refractivity contribution is 6.39. The molecule has 322 valence electrons. The summed E-state index contributed by atoms with van der Waals surface area (Å²) in [6.45, 7) is 13.1. The molecule has 4 rings (SSSR count). The normalized spacial score (nSPS) is 40.1. The number of Topliss-reactive ketones (excluding diaryl/α,β-unsaturated/α-hetero) is 2. The van der Waals surface area contributed by atoms with Crippen LogP contribution < -0.4 is 0 Å². The van der Waals surface area contributed by atoms with E-state index in [4.69, 9.17) is 23.7 Å². The minimum atomic E-state index is -2.51. The second kappa shape index (κ2) is 21.0. The largest absolute Gasteiger partial charge is 0.456 e. The van der Waals surface area contributed by atoms with Crippen molar-refractivity contribution in [2.24, 2.45) is 29.6 Å². The average molecular weight is 804 g/mol. The maximum absolute atomic E-state index is 14.3. The number of aliphatic hydroxyl groups excluding tert-OH is 2. The third-order valence-corrected chi connectivity index (χ3v) is 12.9. The first-order valence-corrected chi connectivity index (χ1v) is 20.9. The van der Waals surface area contributed by atoms with Crippen LogP contribution in [-0.2, 0) is 42.9 Å². The van der Waals surface area contributed by atoms with Crippen molar-refractivity contribution in [3.63, 3.8) is 0 Å². The van der Waals surface area contributed by atoms with Gasteiger partial charge in [-0.05, 0) is 95.5 Å². The maximum atomic E-state index is 14.3. The lowest BCUT2D eigenvalue weighted by Gasteiger charge is -2.47. The molecule has 3 heterocycles. The van der Waals surface area contributed by atoms with E-state index in [2.05, 4.69) is 6.58 Å². The molecule has 13 heteroatoms. The number of nitrogens with zero attached hydrogens (tertiary/aromatic N) is 1. The number of esters is 1. The van der Waals surface area contributed by atoms with Crippen LogP contribution in [0.2, 0.25) is 0 Å². The van der Waals surface area contributed by atoms with Crippen LogP contribution >= 0.6 is 0 Å². The second-order valence-electron chi connectivity index (χ2n) is 17.3. The predicted octanol–water partition coefficient (Wildman–Crippen LogP) is 4.64. The Morgan fingerprint density at radius 3 is 2.25 bits per heavy atom. The van der Waals surface area contributed by atoms with Crippen LogP contribution in [0.1, 0.15) is 105 Å². The average Bonchev–Trinajstić information content (AvgIpc) is 3.18. The van der Waals surface area contributed by atoms with Gasteiger partial charge in [-0.3, -0.25) is 14.4 Å². The Hall–Kier alpha value is -2.78. The van der Waals surface area contributed by atoms with Crippen LogP contribution in [-0.4, -0.2) is 126 Å². The molecule has 14 atom stereocenters. The van der Waals surface area contributed by atoms with E-state index in [1.165, 1.54) is 19.1 Å². The quantitative estimate of drug-likeness (QED) is 0.185. The fourth-order valence-electron chi connectivity index (χ4n) is 9.42. The van der Waals surface area contributed by atoms with E-state index in [0.29, 0.717) is 56.9 Å². The predicted molar refractivity (Wildman–Crippen MR) is 213 cm³/mol. The molecule has 3 fully saturated rings. The van der Waals surface area contributed by atoms with Crippen molar-refractivity contribution < 1.29 is 58.2 Å². The van der Waals surface area contributed by atoms with Crippen molar-refractivity contribution in [1.29, 1.82) is 0 Å². The zero-order valence-corrected chi connectivity index (χ0v) is 35.4. The summed E-state index contributed by atoms with van der Waals surface area (Å²) in [6, 6.07) is -1.14. The van der Waals surface area contributed by atoms with E-state index in [9.17, 15) is 34.5 Å². The van der Waals surface area contributed by atoms with Gasteiger partial charge in [-0.1, -0.05) is 44.6 Å². The number of carbonyl (C=O) groups excluding carboxylic acids is 4. The first-order valence-electron chi connectivity index (χ1n) is 20.9. The Morgan fingerprint density at radius 1 is 0.930 bits per heavy atom. The molecule has 0 aromatic carbocycles. The van der Waals surface area contributed by atoms with Crippen molar-refractivity contribution in [1.82, 2.24) is 4.90 Å². The summed E-state index contributed by atoms with van der Waals surface area (Å²) in [4.78, 5) is 57.8. The summed E-state index contributed by atoms with van der Waals surface area (Å²) < 4.78 is 29.7. The smallest absolute Gasteiger partial charge is 0.329 e. The van der Waals surface area contributed by atoms with Gasteiger partial charge in [0.15, 0.2) is 0 Å². The van der Waals surface area contributed by atoms with Gasteiger partial charge in [-0.25, -0.2) is 4.79 Å². The van der Waals surface area contributed by atoms with Crippen molar-refractivity contribution in [2.75, 3.05) is 27.9 Å². The first kappa shape index (κ1) is 46.9. The fourth-order valence-corrected chi connectivity index (χ4v) is 9.42. The Kier molecular flexibility index (Phi) is 17.2. The number of ether oxygens (including phenoxy) is 5. The number of fused-ring (bicyclic) bond motifs is 3. The van der Waals surface area contributed by atoms with Gasteiger partial charge >= 0.3 is 5.97 Å². The Balaban J connectivity index is 1.78. The molecule has 2 unspecified atom stereocenters. The van der Waals surface area contributed by atoms with Gasteiger partial charge in [0, 0.05) is 52.0 Å². The van der Waals surface area contributed by atoms with Crippen molar-refractivity contribution >= 4 is 23.4 Å². The lowest BCUT2D eigenvalue weighted by atomic mass is 9.81. The first-order chi connectivity index (χ1) is 27.0. The molecular formula is C44H69NO12. The summed E-state index contributed by atoms with van der Waals surface area (Å²) >= 11 is 0. The molecule has 0 aromatic heterocycles. The van der Waals surface area contributed by atoms with E-state index < -0.39 is 83.9 Å². The molecule has 3 aliphatic heterocycles. The molecule has 0 radical (unpaired) electrons. The number of hydrogen-bond donors (Lipinski definition) is 3. The molecule has 0 aromatic rings.